The van der Waals surface area contributed by atoms with Crippen LogP contribution in [0.4, 0.5) is 30.6 Å². The Morgan fingerprint density at radius 1 is 0.885 bits per heavy atom. The van der Waals surface area contributed by atoms with E-state index in [9.17, 15) is 13.2 Å². The zero-order valence-corrected chi connectivity index (χ0v) is 13.8. The van der Waals surface area contributed by atoms with Crippen molar-refractivity contribution in [3.05, 3.63) is 78.0 Å². The number of hydrogen-bond donors (Lipinski definition) is 2. The fraction of sp³-hybridized carbons (Fsp3) is 0.158. The third kappa shape index (κ3) is 4.95. The molecule has 7 heteroatoms. The molecule has 0 spiro atoms. The first kappa shape index (κ1) is 17.7. The number of nitrogens with one attached hydrogen (secondary N) is 2. The summed E-state index contributed by atoms with van der Waals surface area (Å²) in [4.78, 5) is 8.46. The molecule has 0 unspecified atom stereocenters. The smallest absolute Gasteiger partial charge is 0.354 e. The molecule has 3 rings (SSSR count). The van der Waals surface area contributed by atoms with Crippen molar-refractivity contribution >= 4 is 17.5 Å². The molecule has 4 nitrogen and oxygen atoms in total. The molecule has 1 heterocycles. The number of rotatable bonds is 6. The van der Waals surface area contributed by atoms with Crippen LogP contribution in [0.15, 0.2) is 66.9 Å². The molecule has 1 aromatic heterocycles. The van der Waals surface area contributed by atoms with Gasteiger partial charge in [-0.25, -0.2) is 4.98 Å². The van der Waals surface area contributed by atoms with Gasteiger partial charge in [0, 0.05) is 18.4 Å². The molecule has 0 radical (unpaired) electrons. The predicted molar refractivity (Wildman–Crippen MR) is 95.4 cm³/mol. The number of anilines is 3. The van der Waals surface area contributed by atoms with Gasteiger partial charge in [-0.05, 0) is 42.3 Å². The quantitative estimate of drug-likeness (QED) is 0.658. The first-order chi connectivity index (χ1) is 12.5. The van der Waals surface area contributed by atoms with E-state index in [1.807, 2.05) is 30.3 Å². The predicted octanol–water partition coefficient (Wildman–Crippen LogP) is 4.89. The van der Waals surface area contributed by atoms with Crippen LogP contribution in [0, 0.1) is 0 Å². The van der Waals surface area contributed by atoms with Gasteiger partial charge in [-0.2, -0.15) is 18.2 Å². The van der Waals surface area contributed by atoms with Crippen molar-refractivity contribution in [2.24, 2.45) is 0 Å². The summed E-state index contributed by atoms with van der Waals surface area (Å²) in [5, 5.41) is 6.11. The van der Waals surface area contributed by atoms with Gasteiger partial charge in [0.25, 0.3) is 0 Å². The Labute approximate surface area is 149 Å². The van der Waals surface area contributed by atoms with Crippen LogP contribution in [0.2, 0.25) is 0 Å². The van der Waals surface area contributed by atoms with Crippen LogP contribution in [0.5, 0.6) is 0 Å². The Bertz CT molecular complexity index is 833. The van der Waals surface area contributed by atoms with E-state index in [2.05, 4.69) is 20.6 Å². The van der Waals surface area contributed by atoms with Crippen LogP contribution in [0.25, 0.3) is 0 Å². The molecular weight excluding hydrogens is 341 g/mol. The lowest BCUT2D eigenvalue weighted by molar-refractivity contribution is -0.137. The molecular formula is C19H17F3N4. The van der Waals surface area contributed by atoms with Gasteiger partial charge in [0.1, 0.15) is 5.82 Å². The number of halogens is 3. The molecule has 134 valence electrons. The van der Waals surface area contributed by atoms with E-state index in [0.29, 0.717) is 24.0 Å². The van der Waals surface area contributed by atoms with Gasteiger partial charge < -0.3 is 10.6 Å². The van der Waals surface area contributed by atoms with Gasteiger partial charge in [-0.15, -0.1) is 0 Å². The van der Waals surface area contributed by atoms with E-state index in [1.165, 1.54) is 17.7 Å². The van der Waals surface area contributed by atoms with E-state index >= 15 is 0 Å². The molecule has 0 saturated carbocycles. The highest BCUT2D eigenvalue weighted by Crippen LogP contribution is 2.30. The van der Waals surface area contributed by atoms with Crippen molar-refractivity contribution in [3.8, 4) is 0 Å². The van der Waals surface area contributed by atoms with E-state index in [1.54, 1.807) is 12.3 Å². The maximum atomic E-state index is 12.6. The summed E-state index contributed by atoms with van der Waals surface area (Å²) in [5.41, 5.74) is 1.04. The van der Waals surface area contributed by atoms with Crippen LogP contribution < -0.4 is 10.6 Å². The Kier molecular flexibility index (Phi) is 5.36. The lowest BCUT2D eigenvalue weighted by Crippen LogP contribution is -2.08. The standard InChI is InChI=1S/C19H17F3N4/c20-19(21,22)15-6-8-16(9-7-15)25-17-11-13-24-18(26-17)23-12-10-14-4-2-1-3-5-14/h1-9,11,13H,10,12H2,(H2,23,24,25,26). The molecule has 26 heavy (non-hydrogen) atoms. The van der Waals surface area contributed by atoms with E-state index in [0.717, 1.165) is 18.6 Å². The molecule has 0 amide bonds. The van der Waals surface area contributed by atoms with Gasteiger partial charge in [0.05, 0.1) is 5.56 Å². The highest BCUT2D eigenvalue weighted by molar-refractivity contribution is 5.57. The minimum absolute atomic E-state index is 0.456. The third-order valence-electron chi connectivity index (χ3n) is 3.68. The van der Waals surface area contributed by atoms with Gasteiger partial charge >= 0.3 is 6.18 Å². The normalized spacial score (nSPS) is 11.2. The summed E-state index contributed by atoms with van der Waals surface area (Å²) in [6, 6.07) is 16.5. The van der Waals surface area contributed by atoms with E-state index in [4.69, 9.17) is 0 Å². The number of nitrogens with zero attached hydrogens (tertiary/aromatic N) is 2. The Morgan fingerprint density at radius 2 is 1.62 bits per heavy atom. The van der Waals surface area contributed by atoms with Crippen LogP contribution in [0.1, 0.15) is 11.1 Å². The van der Waals surface area contributed by atoms with Crippen LogP contribution in [0.3, 0.4) is 0 Å². The first-order valence-electron chi connectivity index (χ1n) is 8.06. The summed E-state index contributed by atoms with van der Waals surface area (Å²) in [7, 11) is 0. The van der Waals surface area contributed by atoms with Gasteiger partial charge in [-0.1, -0.05) is 30.3 Å². The van der Waals surface area contributed by atoms with E-state index < -0.39 is 11.7 Å². The fourth-order valence-electron chi connectivity index (χ4n) is 2.37. The second-order valence-electron chi connectivity index (χ2n) is 5.63. The topological polar surface area (TPSA) is 49.8 Å². The maximum Gasteiger partial charge on any atom is 0.416 e. The molecule has 0 bridgehead atoms. The van der Waals surface area contributed by atoms with E-state index in [-0.39, 0.29) is 0 Å². The number of alkyl halides is 3. The largest absolute Gasteiger partial charge is 0.416 e. The lowest BCUT2D eigenvalue weighted by atomic mass is 10.1. The summed E-state index contributed by atoms with van der Waals surface area (Å²) in [5.74, 6) is 0.958. The van der Waals surface area contributed by atoms with Crippen molar-refractivity contribution in [3.63, 3.8) is 0 Å². The zero-order valence-electron chi connectivity index (χ0n) is 13.8. The number of hydrogen-bond acceptors (Lipinski definition) is 4. The lowest BCUT2D eigenvalue weighted by Gasteiger charge is -2.10. The highest BCUT2D eigenvalue weighted by atomic mass is 19.4. The van der Waals surface area contributed by atoms with Gasteiger partial charge in [0.15, 0.2) is 0 Å². The molecule has 0 saturated heterocycles. The van der Waals surface area contributed by atoms with Crippen LogP contribution in [-0.2, 0) is 12.6 Å². The Morgan fingerprint density at radius 3 is 2.31 bits per heavy atom. The SMILES string of the molecule is FC(F)(F)c1ccc(Nc2ccnc(NCCc3ccccc3)n2)cc1. The van der Waals surface area contributed by atoms with Crippen molar-refractivity contribution in [1.82, 2.24) is 9.97 Å². The molecule has 2 N–H and O–H groups in total. The Hall–Kier alpha value is -3.09. The minimum atomic E-state index is -4.34. The third-order valence-corrected chi connectivity index (χ3v) is 3.68. The average molecular weight is 358 g/mol. The minimum Gasteiger partial charge on any atom is -0.354 e. The first-order valence-corrected chi connectivity index (χ1v) is 8.06. The molecule has 2 aromatic carbocycles. The molecule has 3 aromatic rings. The second-order valence-corrected chi connectivity index (χ2v) is 5.63. The highest BCUT2D eigenvalue weighted by Gasteiger charge is 2.29. The van der Waals surface area contributed by atoms with Crippen molar-refractivity contribution in [1.29, 1.82) is 0 Å². The number of benzene rings is 2. The second kappa shape index (κ2) is 7.86. The average Bonchev–Trinajstić information content (AvgIpc) is 2.63. The molecule has 0 fully saturated rings. The molecule has 0 aliphatic heterocycles. The molecule has 0 aliphatic rings. The Balaban J connectivity index is 1.58. The molecule has 0 atom stereocenters. The summed E-state index contributed by atoms with van der Waals surface area (Å²) < 4.78 is 37.8. The van der Waals surface area contributed by atoms with Crippen LogP contribution in [-0.4, -0.2) is 16.5 Å². The zero-order chi connectivity index (χ0) is 18.4. The summed E-state index contributed by atoms with van der Waals surface area (Å²) >= 11 is 0. The summed E-state index contributed by atoms with van der Waals surface area (Å²) in [6.07, 6.45) is -1.92. The monoisotopic (exact) mass is 358 g/mol. The van der Waals surface area contributed by atoms with Crippen LogP contribution >= 0.6 is 0 Å². The fourth-order valence-corrected chi connectivity index (χ4v) is 2.37. The van der Waals surface area contributed by atoms with Crippen molar-refractivity contribution in [2.45, 2.75) is 12.6 Å². The molecule has 0 aliphatic carbocycles. The van der Waals surface area contributed by atoms with Gasteiger partial charge in [0.2, 0.25) is 5.95 Å². The van der Waals surface area contributed by atoms with Gasteiger partial charge in [-0.3, -0.25) is 0 Å². The number of aromatic nitrogens is 2. The van der Waals surface area contributed by atoms with Crippen molar-refractivity contribution in [2.75, 3.05) is 17.2 Å². The maximum absolute atomic E-state index is 12.6. The summed E-state index contributed by atoms with van der Waals surface area (Å²) in [6.45, 7) is 0.674. The van der Waals surface area contributed by atoms with Crippen molar-refractivity contribution < 1.29 is 13.2 Å².